The number of rotatable bonds is 4. The predicted octanol–water partition coefficient (Wildman–Crippen LogP) is 1.20. The number of nitrogens with two attached hydrogens (primary N) is 1. The lowest BCUT2D eigenvalue weighted by molar-refractivity contribution is -0.117. The lowest BCUT2D eigenvalue weighted by atomic mass is 10.3. The first kappa shape index (κ1) is 10.5. The van der Waals surface area contributed by atoms with Gasteiger partial charge in [-0.3, -0.25) is 4.79 Å². The summed E-state index contributed by atoms with van der Waals surface area (Å²) in [6, 6.07) is 0. The zero-order chi connectivity index (χ0) is 9.84. The summed E-state index contributed by atoms with van der Waals surface area (Å²) in [6.45, 7) is 3.81. The number of primary amides is 1. The molecular formula is C7H11N3OS2. The molecule has 0 aliphatic heterocycles. The largest absolute Gasteiger partial charge is 0.369 e. The number of aryl methyl sites for hydroxylation is 1. The van der Waals surface area contributed by atoms with Crippen LogP contribution < -0.4 is 5.73 Å². The van der Waals surface area contributed by atoms with Crippen LogP contribution in [0.2, 0.25) is 0 Å². The fourth-order valence-electron chi connectivity index (χ4n) is 0.790. The second-order valence-corrected chi connectivity index (χ2v) is 5.14. The fraction of sp³-hybridized carbons (Fsp3) is 0.571. The van der Waals surface area contributed by atoms with E-state index >= 15 is 0 Å². The molecule has 2 N–H and O–H groups in total. The van der Waals surface area contributed by atoms with Crippen LogP contribution in [0.3, 0.4) is 0 Å². The van der Waals surface area contributed by atoms with Gasteiger partial charge in [0, 0.05) is 0 Å². The number of carbonyl (C=O) groups is 1. The number of thioether (sulfide) groups is 1. The van der Waals surface area contributed by atoms with Gasteiger partial charge in [-0.15, -0.1) is 10.2 Å². The number of hydrogen-bond donors (Lipinski definition) is 1. The number of hydrogen-bond acceptors (Lipinski definition) is 5. The van der Waals surface area contributed by atoms with E-state index in [0.717, 1.165) is 15.8 Å². The van der Waals surface area contributed by atoms with E-state index in [9.17, 15) is 4.79 Å². The van der Waals surface area contributed by atoms with Gasteiger partial charge in [-0.1, -0.05) is 30.0 Å². The van der Waals surface area contributed by atoms with Gasteiger partial charge in [0.1, 0.15) is 5.01 Å². The molecule has 72 valence electrons. The highest BCUT2D eigenvalue weighted by molar-refractivity contribution is 8.02. The van der Waals surface area contributed by atoms with Gasteiger partial charge in [-0.25, -0.2) is 0 Å². The third-order valence-corrected chi connectivity index (χ3v) is 3.74. The maximum Gasteiger partial charge on any atom is 0.230 e. The summed E-state index contributed by atoms with van der Waals surface area (Å²) in [5.74, 6) is -0.291. The van der Waals surface area contributed by atoms with Crippen molar-refractivity contribution < 1.29 is 4.79 Å². The van der Waals surface area contributed by atoms with Crippen molar-refractivity contribution in [3.05, 3.63) is 5.01 Å². The van der Waals surface area contributed by atoms with Gasteiger partial charge in [0.05, 0.1) is 5.25 Å². The Bertz CT molecular complexity index is 300. The molecule has 0 aromatic carbocycles. The molecule has 1 amide bonds. The van der Waals surface area contributed by atoms with Crippen molar-refractivity contribution in [1.29, 1.82) is 0 Å². The van der Waals surface area contributed by atoms with Gasteiger partial charge in [0.2, 0.25) is 5.91 Å². The van der Waals surface area contributed by atoms with Crippen LogP contribution in [0, 0.1) is 6.92 Å². The SMILES string of the molecule is CCC(Sc1nnc(C)s1)C(N)=O. The second-order valence-electron chi connectivity index (χ2n) is 2.50. The van der Waals surface area contributed by atoms with Crippen molar-refractivity contribution >= 4 is 29.0 Å². The lowest BCUT2D eigenvalue weighted by Gasteiger charge is -2.05. The summed E-state index contributed by atoms with van der Waals surface area (Å²) in [6.07, 6.45) is 0.721. The molecular weight excluding hydrogens is 206 g/mol. The smallest absolute Gasteiger partial charge is 0.230 e. The third kappa shape index (κ3) is 2.96. The average Bonchev–Trinajstić information content (AvgIpc) is 2.46. The molecule has 1 rings (SSSR count). The molecule has 0 radical (unpaired) electrons. The third-order valence-electron chi connectivity index (χ3n) is 1.44. The molecule has 0 saturated carbocycles. The van der Waals surface area contributed by atoms with Gasteiger partial charge in [-0.05, 0) is 13.3 Å². The molecule has 13 heavy (non-hydrogen) atoms. The molecule has 0 spiro atoms. The molecule has 0 saturated heterocycles. The Morgan fingerprint density at radius 1 is 1.69 bits per heavy atom. The molecule has 1 aromatic heterocycles. The minimum atomic E-state index is -0.291. The molecule has 1 heterocycles. The topological polar surface area (TPSA) is 68.9 Å². The monoisotopic (exact) mass is 217 g/mol. The highest BCUT2D eigenvalue weighted by Gasteiger charge is 2.16. The Hall–Kier alpha value is -0.620. The van der Waals surface area contributed by atoms with E-state index in [2.05, 4.69) is 10.2 Å². The van der Waals surface area contributed by atoms with E-state index in [1.807, 2.05) is 13.8 Å². The maximum atomic E-state index is 10.9. The van der Waals surface area contributed by atoms with E-state index < -0.39 is 0 Å². The summed E-state index contributed by atoms with van der Waals surface area (Å²) in [7, 11) is 0. The van der Waals surface area contributed by atoms with Gasteiger partial charge >= 0.3 is 0 Å². The average molecular weight is 217 g/mol. The van der Waals surface area contributed by atoms with Crippen LogP contribution in [0.4, 0.5) is 0 Å². The van der Waals surface area contributed by atoms with Crippen molar-refractivity contribution in [3.8, 4) is 0 Å². The van der Waals surface area contributed by atoms with Gasteiger partial charge < -0.3 is 5.73 Å². The zero-order valence-corrected chi connectivity index (χ0v) is 9.11. The molecule has 6 heteroatoms. The number of aromatic nitrogens is 2. The highest BCUT2D eigenvalue weighted by atomic mass is 32.2. The van der Waals surface area contributed by atoms with E-state index in [1.54, 1.807) is 0 Å². The van der Waals surface area contributed by atoms with Crippen LogP contribution >= 0.6 is 23.1 Å². The molecule has 0 fully saturated rings. The second kappa shape index (κ2) is 4.57. The van der Waals surface area contributed by atoms with E-state index in [4.69, 9.17) is 5.73 Å². The van der Waals surface area contributed by atoms with Crippen molar-refractivity contribution in [2.24, 2.45) is 5.73 Å². The van der Waals surface area contributed by atoms with Gasteiger partial charge in [0.15, 0.2) is 4.34 Å². The molecule has 0 aliphatic carbocycles. The van der Waals surface area contributed by atoms with Crippen molar-refractivity contribution in [2.45, 2.75) is 29.9 Å². The van der Waals surface area contributed by atoms with Crippen molar-refractivity contribution in [1.82, 2.24) is 10.2 Å². The van der Waals surface area contributed by atoms with Crippen LogP contribution in [0.15, 0.2) is 4.34 Å². The Labute approximate surface area is 84.9 Å². The standard InChI is InChI=1S/C7H11N3OS2/c1-3-5(6(8)11)13-7-10-9-4(2)12-7/h5H,3H2,1-2H3,(H2,8,11). The van der Waals surface area contributed by atoms with Crippen molar-refractivity contribution in [2.75, 3.05) is 0 Å². The van der Waals surface area contributed by atoms with E-state index in [-0.39, 0.29) is 11.2 Å². The van der Waals surface area contributed by atoms with E-state index in [1.165, 1.54) is 23.1 Å². The van der Waals surface area contributed by atoms with Crippen LogP contribution in [-0.4, -0.2) is 21.4 Å². The first-order chi connectivity index (χ1) is 6.13. The quantitative estimate of drug-likeness (QED) is 0.769. The Morgan fingerprint density at radius 3 is 2.77 bits per heavy atom. The van der Waals surface area contributed by atoms with Gasteiger partial charge in [-0.2, -0.15) is 0 Å². The molecule has 1 atom stereocenters. The molecule has 1 aromatic rings. The lowest BCUT2D eigenvalue weighted by Crippen LogP contribution is -2.24. The Balaban J connectivity index is 2.61. The molecule has 4 nitrogen and oxygen atoms in total. The normalized spacial score (nSPS) is 12.8. The highest BCUT2D eigenvalue weighted by Crippen LogP contribution is 2.27. The zero-order valence-electron chi connectivity index (χ0n) is 7.48. The van der Waals surface area contributed by atoms with E-state index in [0.29, 0.717) is 0 Å². The Morgan fingerprint density at radius 2 is 2.38 bits per heavy atom. The Kier molecular flexibility index (Phi) is 3.68. The summed E-state index contributed by atoms with van der Waals surface area (Å²) in [5.41, 5.74) is 5.20. The van der Waals surface area contributed by atoms with Crippen LogP contribution in [0.5, 0.6) is 0 Å². The van der Waals surface area contributed by atoms with Crippen molar-refractivity contribution in [3.63, 3.8) is 0 Å². The minimum Gasteiger partial charge on any atom is -0.369 e. The summed E-state index contributed by atoms with van der Waals surface area (Å²) >= 11 is 2.87. The number of nitrogens with zero attached hydrogens (tertiary/aromatic N) is 2. The predicted molar refractivity (Wildman–Crippen MR) is 53.8 cm³/mol. The molecule has 1 unspecified atom stereocenters. The fourth-order valence-corrected chi connectivity index (χ4v) is 2.72. The first-order valence-corrected chi connectivity index (χ1v) is 5.59. The minimum absolute atomic E-state index is 0.188. The molecule has 0 bridgehead atoms. The van der Waals surface area contributed by atoms with Crippen LogP contribution in [0.25, 0.3) is 0 Å². The first-order valence-electron chi connectivity index (χ1n) is 3.89. The summed E-state index contributed by atoms with van der Waals surface area (Å²) in [4.78, 5) is 10.9. The summed E-state index contributed by atoms with van der Waals surface area (Å²) < 4.78 is 0.808. The van der Waals surface area contributed by atoms with Gasteiger partial charge in [0.25, 0.3) is 0 Å². The van der Waals surface area contributed by atoms with Crippen LogP contribution in [-0.2, 0) is 4.79 Å². The summed E-state index contributed by atoms with van der Waals surface area (Å²) in [5, 5.41) is 8.49. The number of carbonyl (C=O) groups excluding carboxylic acids is 1. The maximum absolute atomic E-state index is 10.9. The molecule has 0 aliphatic rings. The van der Waals surface area contributed by atoms with Crippen LogP contribution in [0.1, 0.15) is 18.4 Å². The number of amides is 1.